The first-order chi connectivity index (χ1) is 7.16. The van der Waals surface area contributed by atoms with Gasteiger partial charge in [-0.15, -0.1) is 11.6 Å². The van der Waals surface area contributed by atoms with Crippen LogP contribution in [0.1, 0.15) is 12.8 Å². The Morgan fingerprint density at radius 1 is 1.60 bits per heavy atom. The van der Waals surface area contributed by atoms with Crippen LogP contribution >= 0.6 is 11.6 Å². The van der Waals surface area contributed by atoms with Gasteiger partial charge in [0.1, 0.15) is 0 Å². The molecule has 1 saturated carbocycles. The molecule has 1 heterocycles. The number of alkyl halides is 1. The Morgan fingerprint density at radius 2 is 2.33 bits per heavy atom. The predicted octanol–water partition coefficient (Wildman–Crippen LogP) is 0.802. The van der Waals surface area contributed by atoms with Crippen LogP contribution in [0.5, 0.6) is 0 Å². The van der Waals surface area contributed by atoms with Crippen molar-refractivity contribution in [3.8, 4) is 0 Å². The third kappa shape index (κ3) is 2.16. The van der Waals surface area contributed by atoms with Gasteiger partial charge in [-0.05, 0) is 12.8 Å². The van der Waals surface area contributed by atoms with Gasteiger partial charge in [0.25, 0.3) is 10.0 Å². The quantitative estimate of drug-likeness (QED) is 0.785. The molecule has 7 heteroatoms. The van der Waals surface area contributed by atoms with Gasteiger partial charge in [-0.2, -0.15) is 4.31 Å². The minimum Gasteiger partial charge on any atom is -0.335 e. The zero-order chi connectivity index (χ0) is 10.9. The number of aromatic amines is 1. The summed E-state index contributed by atoms with van der Waals surface area (Å²) < 4.78 is 25.6. The fourth-order valence-electron chi connectivity index (χ4n) is 1.46. The van der Waals surface area contributed by atoms with E-state index in [0.717, 1.165) is 12.8 Å². The van der Waals surface area contributed by atoms with E-state index in [0.29, 0.717) is 12.4 Å². The van der Waals surface area contributed by atoms with Crippen molar-refractivity contribution in [3.63, 3.8) is 0 Å². The van der Waals surface area contributed by atoms with Gasteiger partial charge in [-0.1, -0.05) is 0 Å². The smallest absolute Gasteiger partial charge is 0.260 e. The standard InChI is InChI=1S/C8H12ClN3O2S/c9-3-4-12(7-1-2-7)15(13,14)8-5-10-6-11-8/h5-7H,1-4H2,(H,10,11). The topological polar surface area (TPSA) is 66.1 Å². The number of hydrogen-bond donors (Lipinski definition) is 1. The zero-order valence-corrected chi connectivity index (χ0v) is 9.63. The summed E-state index contributed by atoms with van der Waals surface area (Å²) in [6, 6.07) is 0.122. The van der Waals surface area contributed by atoms with Gasteiger partial charge in [0.15, 0.2) is 5.03 Å². The van der Waals surface area contributed by atoms with E-state index in [1.54, 1.807) is 0 Å². The molecular weight excluding hydrogens is 238 g/mol. The van der Waals surface area contributed by atoms with Crippen LogP contribution in [0, 0.1) is 0 Å². The molecule has 5 nitrogen and oxygen atoms in total. The molecule has 2 rings (SSSR count). The molecule has 0 spiro atoms. The average molecular weight is 250 g/mol. The van der Waals surface area contributed by atoms with Crippen LogP contribution in [0.4, 0.5) is 0 Å². The summed E-state index contributed by atoms with van der Waals surface area (Å²) in [5, 5.41) is 0.138. The van der Waals surface area contributed by atoms with Gasteiger partial charge >= 0.3 is 0 Å². The van der Waals surface area contributed by atoms with Crippen LogP contribution in [0.3, 0.4) is 0 Å². The molecule has 0 atom stereocenters. The highest BCUT2D eigenvalue weighted by Gasteiger charge is 2.38. The summed E-state index contributed by atoms with van der Waals surface area (Å²) in [7, 11) is -3.43. The molecular formula is C8H12ClN3O2S. The number of H-pyrrole nitrogens is 1. The lowest BCUT2D eigenvalue weighted by molar-refractivity contribution is 0.421. The van der Waals surface area contributed by atoms with E-state index in [1.165, 1.54) is 16.8 Å². The average Bonchev–Trinajstić information content (AvgIpc) is 2.86. The number of nitrogens with one attached hydrogen (secondary N) is 1. The number of imidazole rings is 1. The number of nitrogens with zero attached hydrogens (tertiary/aromatic N) is 2. The Bertz CT molecular complexity index is 413. The van der Waals surface area contributed by atoms with Gasteiger partial charge < -0.3 is 4.98 Å². The van der Waals surface area contributed by atoms with Crippen molar-refractivity contribution in [2.75, 3.05) is 12.4 Å². The number of hydrogen-bond acceptors (Lipinski definition) is 3. The molecule has 0 unspecified atom stereocenters. The van der Waals surface area contributed by atoms with E-state index in [2.05, 4.69) is 9.97 Å². The highest BCUT2D eigenvalue weighted by Crippen LogP contribution is 2.31. The van der Waals surface area contributed by atoms with Crippen molar-refractivity contribution in [3.05, 3.63) is 12.5 Å². The fraction of sp³-hybridized carbons (Fsp3) is 0.625. The fourth-order valence-corrected chi connectivity index (χ4v) is 3.32. The predicted molar refractivity (Wildman–Crippen MR) is 56.2 cm³/mol. The monoisotopic (exact) mass is 249 g/mol. The number of rotatable bonds is 5. The molecule has 1 aromatic heterocycles. The summed E-state index contributed by atoms with van der Waals surface area (Å²) in [5.74, 6) is 0.309. The molecule has 1 aliphatic carbocycles. The normalized spacial score (nSPS) is 17.2. The highest BCUT2D eigenvalue weighted by atomic mass is 35.5. The molecule has 15 heavy (non-hydrogen) atoms. The first kappa shape index (κ1) is 10.9. The second-order valence-electron chi connectivity index (χ2n) is 3.45. The summed E-state index contributed by atoms with van der Waals surface area (Å²) in [4.78, 5) is 6.33. The van der Waals surface area contributed by atoms with Crippen molar-refractivity contribution < 1.29 is 8.42 Å². The Morgan fingerprint density at radius 3 is 2.80 bits per heavy atom. The van der Waals surface area contributed by atoms with Crippen LogP contribution in [-0.4, -0.2) is 41.2 Å². The Labute approximate surface area is 93.5 Å². The van der Waals surface area contributed by atoms with Crippen LogP contribution in [0.15, 0.2) is 17.6 Å². The SMILES string of the molecule is O=S(=O)(c1cnc[nH]1)N(CCCl)C1CC1. The van der Waals surface area contributed by atoms with Gasteiger partial charge in [0, 0.05) is 18.5 Å². The van der Waals surface area contributed by atoms with E-state index in [9.17, 15) is 8.42 Å². The third-order valence-electron chi connectivity index (χ3n) is 2.32. The van der Waals surface area contributed by atoms with Gasteiger partial charge in [0.2, 0.25) is 0 Å². The molecule has 1 aliphatic rings. The molecule has 1 fully saturated rings. The third-order valence-corrected chi connectivity index (χ3v) is 4.37. The summed E-state index contributed by atoms with van der Waals surface area (Å²) in [6.45, 7) is 0.355. The molecule has 0 bridgehead atoms. The van der Waals surface area contributed by atoms with Crippen molar-refractivity contribution in [2.24, 2.45) is 0 Å². The lowest BCUT2D eigenvalue weighted by Gasteiger charge is -2.19. The van der Waals surface area contributed by atoms with E-state index >= 15 is 0 Å². The highest BCUT2D eigenvalue weighted by molar-refractivity contribution is 7.89. The Kier molecular flexibility index (Phi) is 2.99. The number of sulfonamides is 1. The lowest BCUT2D eigenvalue weighted by Crippen LogP contribution is -2.34. The summed E-state index contributed by atoms with van der Waals surface area (Å²) >= 11 is 5.60. The van der Waals surface area contributed by atoms with E-state index in [1.807, 2.05) is 0 Å². The first-order valence-corrected chi connectivity index (χ1v) is 6.70. The number of halogens is 1. The van der Waals surface area contributed by atoms with E-state index < -0.39 is 10.0 Å². The van der Waals surface area contributed by atoms with Gasteiger partial charge in [-0.25, -0.2) is 13.4 Å². The minimum atomic E-state index is -3.43. The van der Waals surface area contributed by atoms with Crippen LogP contribution in [0.25, 0.3) is 0 Å². The first-order valence-electron chi connectivity index (χ1n) is 4.72. The van der Waals surface area contributed by atoms with E-state index in [4.69, 9.17) is 11.6 Å². The second kappa shape index (κ2) is 4.11. The maximum absolute atomic E-state index is 12.1. The summed E-state index contributed by atoms with van der Waals surface area (Å²) in [5.41, 5.74) is 0. The molecule has 1 aromatic rings. The van der Waals surface area contributed by atoms with Crippen molar-refractivity contribution in [1.82, 2.24) is 14.3 Å². The van der Waals surface area contributed by atoms with Crippen LogP contribution in [0.2, 0.25) is 0 Å². The lowest BCUT2D eigenvalue weighted by atomic mass is 10.6. The molecule has 0 aliphatic heterocycles. The van der Waals surface area contributed by atoms with Crippen molar-refractivity contribution in [1.29, 1.82) is 0 Å². The van der Waals surface area contributed by atoms with Crippen LogP contribution in [-0.2, 0) is 10.0 Å². The minimum absolute atomic E-state index is 0.122. The number of aromatic nitrogens is 2. The zero-order valence-electron chi connectivity index (χ0n) is 8.06. The molecule has 0 saturated heterocycles. The van der Waals surface area contributed by atoms with Gasteiger partial charge in [0.05, 0.1) is 12.5 Å². The largest absolute Gasteiger partial charge is 0.335 e. The Hall–Kier alpha value is -0.590. The molecule has 0 amide bonds. The second-order valence-corrected chi connectivity index (χ2v) is 5.69. The molecule has 0 radical (unpaired) electrons. The van der Waals surface area contributed by atoms with E-state index in [-0.39, 0.29) is 11.1 Å². The maximum atomic E-state index is 12.1. The van der Waals surface area contributed by atoms with Crippen molar-refractivity contribution in [2.45, 2.75) is 23.9 Å². The van der Waals surface area contributed by atoms with Gasteiger partial charge in [-0.3, -0.25) is 0 Å². The van der Waals surface area contributed by atoms with Crippen LogP contribution < -0.4 is 0 Å². The molecule has 0 aromatic carbocycles. The molecule has 84 valence electrons. The molecule has 1 N–H and O–H groups in total. The van der Waals surface area contributed by atoms with Crippen molar-refractivity contribution >= 4 is 21.6 Å². The summed E-state index contributed by atoms with van der Waals surface area (Å²) in [6.07, 6.45) is 4.52. The Balaban J connectivity index is 2.26. The maximum Gasteiger partial charge on any atom is 0.260 e.